The highest BCUT2D eigenvalue weighted by molar-refractivity contribution is 8.01. The topological polar surface area (TPSA) is 26.3 Å². The summed E-state index contributed by atoms with van der Waals surface area (Å²) in [7, 11) is 0. The molecular formula is C20H22O2S2. The zero-order valence-electron chi connectivity index (χ0n) is 14.2. The Morgan fingerprint density at radius 3 is 2.50 bits per heavy atom. The van der Waals surface area contributed by atoms with Gasteiger partial charge in [0.15, 0.2) is 0 Å². The molecule has 0 fully saturated rings. The summed E-state index contributed by atoms with van der Waals surface area (Å²) in [6.45, 7) is 6.63. The van der Waals surface area contributed by atoms with E-state index in [0.29, 0.717) is 12.5 Å². The SMILES string of the molecule is CCOC(=O)C1=C(c2cccs2)C(c2ccccc2)SC1C(C)C. The van der Waals surface area contributed by atoms with Crippen molar-refractivity contribution in [3.8, 4) is 0 Å². The zero-order chi connectivity index (χ0) is 17.1. The number of benzene rings is 1. The van der Waals surface area contributed by atoms with Gasteiger partial charge in [-0.25, -0.2) is 4.79 Å². The summed E-state index contributed by atoms with van der Waals surface area (Å²) < 4.78 is 5.41. The van der Waals surface area contributed by atoms with E-state index in [1.807, 2.05) is 30.8 Å². The van der Waals surface area contributed by atoms with Gasteiger partial charge in [-0.1, -0.05) is 50.2 Å². The molecule has 1 aliphatic rings. The number of hydrogen-bond donors (Lipinski definition) is 0. The predicted octanol–water partition coefficient (Wildman–Crippen LogP) is 5.58. The molecule has 4 heteroatoms. The number of ether oxygens (including phenoxy) is 1. The molecular weight excluding hydrogens is 336 g/mol. The van der Waals surface area contributed by atoms with Crippen LogP contribution in [0.4, 0.5) is 0 Å². The van der Waals surface area contributed by atoms with Crippen LogP contribution in [0.1, 0.15) is 36.5 Å². The monoisotopic (exact) mass is 358 g/mol. The first-order valence-electron chi connectivity index (χ1n) is 8.29. The van der Waals surface area contributed by atoms with Crippen LogP contribution in [0.5, 0.6) is 0 Å². The maximum Gasteiger partial charge on any atom is 0.335 e. The van der Waals surface area contributed by atoms with E-state index in [1.165, 1.54) is 10.4 Å². The van der Waals surface area contributed by atoms with E-state index in [0.717, 1.165) is 11.1 Å². The second kappa shape index (κ2) is 7.58. The molecule has 1 aromatic carbocycles. The molecule has 0 bridgehead atoms. The van der Waals surface area contributed by atoms with Gasteiger partial charge in [0.05, 0.1) is 17.4 Å². The molecule has 0 saturated heterocycles. The second-order valence-electron chi connectivity index (χ2n) is 6.12. The lowest BCUT2D eigenvalue weighted by molar-refractivity contribution is -0.138. The number of carbonyl (C=O) groups excluding carboxylic acids is 1. The van der Waals surface area contributed by atoms with Crippen LogP contribution in [-0.2, 0) is 9.53 Å². The molecule has 126 valence electrons. The van der Waals surface area contributed by atoms with Crippen LogP contribution in [0.15, 0.2) is 53.4 Å². The largest absolute Gasteiger partial charge is 0.463 e. The van der Waals surface area contributed by atoms with Crippen molar-refractivity contribution >= 4 is 34.6 Å². The predicted molar refractivity (Wildman–Crippen MR) is 103 cm³/mol. The Balaban J connectivity index is 2.15. The molecule has 3 rings (SSSR count). The molecule has 2 aromatic rings. The molecule has 1 aliphatic heterocycles. The molecule has 0 radical (unpaired) electrons. The van der Waals surface area contributed by atoms with Crippen molar-refractivity contribution in [2.24, 2.45) is 5.92 Å². The van der Waals surface area contributed by atoms with Gasteiger partial charge in [-0.2, -0.15) is 0 Å². The number of thioether (sulfide) groups is 1. The number of rotatable bonds is 5. The first-order valence-corrected chi connectivity index (χ1v) is 10.1. The molecule has 0 amide bonds. The van der Waals surface area contributed by atoms with Crippen molar-refractivity contribution in [2.75, 3.05) is 6.61 Å². The third-order valence-corrected chi connectivity index (χ3v) is 6.87. The Labute approximate surface area is 151 Å². The number of esters is 1. The maximum atomic E-state index is 12.8. The minimum Gasteiger partial charge on any atom is -0.463 e. The quantitative estimate of drug-likeness (QED) is 0.653. The molecule has 2 nitrogen and oxygen atoms in total. The van der Waals surface area contributed by atoms with E-state index in [-0.39, 0.29) is 16.5 Å². The molecule has 2 atom stereocenters. The average Bonchev–Trinajstić information content (AvgIpc) is 3.23. The van der Waals surface area contributed by atoms with Crippen molar-refractivity contribution in [1.29, 1.82) is 0 Å². The van der Waals surface area contributed by atoms with Crippen LogP contribution in [0.2, 0.25) is 0 Å². The van der Waals surface area contributed by atoms with E-state index in [1.54, 1.807) is 11.3 Å². The number of hydrogen-bond acceptors (Lipinski definition) is 4. The van der Waals surface area contributed by atoms with Crippen LogP contribution in [0, 0.1) is 5.92 Å². The molecule has 0 spiro atoms. The van der Waals surface area contributed by atoms with E-state index < -0.39 is 0 Å². The Bertz CT molecular complexity index is 717. The summed E-state index contributed by atoms with van der Waals surface area (Å²) in [5.41, 5.74) is 3.24. The third-order valence-electron chi connectivity index (χ3n) is 4.11. The first kappa shape index (κ1) is 17.3. The third kappa shape index (κ3) is 3.31. The van der Waals surface area contributed by atoms with Gasteiger partial charge in [-0.15, -0.1) is 23.1 Å². The normalized spacial score (nSPS) is 20.7. The van der Waals surface area contributed by atoms with Gasteiger partial charge in [0, 0.05) is 10.1 Å². The molecule has 0 N–H and O–H groups in total. The van der Waals surface area contributed by atoms with Crippen molar-refractivity contribution in [2.45, 2.75) is 31.3 Å². The van der Waals surface area contributed by atoms with E-state index in [9.17, 15) is 4.79 Å². The zero-order valence-corrected chi connectivity index (χ0v) is 15.8. The van der Waals surface area contributed by atoms with Gasteiger partial charge < -0.3 is 4.74 Å². The minimum atomic E-state index is -0.162. The molecule has 1 aromatic heterocycles. The summed E-state index contributed by atoms with van der Waals surface area (Å²) in [5.74, 6) is 0.212. The van der Waals surface area contributed by atoms with Crippen LogP contribution in [-0.4, -0.2) is 17.8 Å². The summed E-state index contributed by atoms with van der Waals surface area (Å²) >= 11 is 3.56. The fourth-order valence-corrected chi connectivity index (χ4v) is 5.63. The molecule has 0 aliphatic carbocycles. The summed E-state index contributed by atoms with van der Waals surface area (Å²) in [5, 5.41) is 2.41. The first-order chi connectivity index (χ1) is 11.6. The van der Waals surface area contributed by atoms with E-state index >= 15 is 0 Å². The van der Waals surface area contributed by atoms with Crippen molar-refractivity contribution in [1.82, 2.24) is 0 Å². The average molecular weight is 359 g/mol. The van der Waals surface area contributed by atoms with Gasteiger partial charge in [0.2, 0.25) is 0 Å². The van der Waals surface area contributed by atoms with Crippen molar-refractivity contribution < 1.29 is 9.53 Å². The van der Waals surface area contributed by atoms with Gasteiger partial charge >= 0.3 is 5.97 Å². The molecule has 2 unspecified atom stereocenters. The highest BCUT2D eigenvalue weighted by Crippen LogP contribution is 2.55. The number of thiophene rings is 1. The highest BCUT2D eigenvalue weighted by atomic mass is 32.2. The lowest BCUT2D eigenvalue weighted by atomic mass is 9.93. The lowest BCUT2D eigenvalue weighted by Gasteiger charge is -2.18. The molecule has 0 saturated carbocycles. The van der Waals surface area contributed by atoms with Crippen LogP contribution in [0.25, 0.3) is 5.57 Å². The smallest absolute Gasteiger partial charge is 0.335 e. The van der Waals surface area contributed by atoms with Crippen molar-refractivity contribution in [3.63, 3.8) is 0 Å². The van der Waals surface area contributed by atoms with Gasteiger partial charge in [0.1, 0.15) is 0 Å². The van der Waals surface area contributed by atoms with Crippen LogP contribution < -0.4 is 0 Å². The standard InChI is InChI=1S/C20H22O2S2/c1-4-22-20(21)17-16(15-11-8-12-23-15)19(24-18(17)13(2)3)14-9-6-5-7-10-14/h5-13,18-19H,4H2,1-3H3. The van der Waals surface area contributed by atoms with E-state index in [2.05, 4.69) is 49.6 Å². The lowest BCUT2D eigenvalue weighted by Crippen LogP contribution is -2.20. The van der Waals surface area contributed by atoms with Gasteiger partial charge in [0.25, 0.3) is 0 Å². The van der Waals surface area contributed by atoms with Gasteiger partial charge in [-0.05, 0) is 35.4 Å². The minimum absolute atomic E-state index is 0.159. The van der Waals surface area contributed by atoms with Crippen LogP contribution in [0.3, 0.4) is 0 Å². The number of carbonyl (C=O) groups is 1. The fraction of sp³-hybridized carbons (Fsp3) is 0.350. The van der Waals surface area contributed by atoms with Crippen LogP contribution >= 0.6 is 23.1 Å². The fourth-order valence-electron chi connectivity index (χ4n) is 3.07. The summed E-state index contributed by atoms with van der Waals surface area (Å²) in [6.07, 6.45) is 0. The Morgan fingerprint density at radius 2 is 1.92 bits per heavy atom. The molecule has 2 heterocycles. The Morgan fingerprint density at radius 1 is 1.17 bits per heavy atom. The summed E-state index contributed by atoms with van der Waals surface area (Å²) in [4.78, 5) is 13.9. The second-order valence-corrected chi connectivity index (χ2v) is 8.32. The molecule has 24 heavy (non-hydrogen) atoms. The Kier molecular flexibility index (Phi) is 5.47. The van der Waals surface area contributed by atoms with E-state index in [4.69, 9.17) is 4.74 Å². The Hall–Kier alpha value is -1.52. The summed E-state index contributed by atoms with van der Waals surface area (Å²) in [6, 6.07) is 14.6. The highest BCUT2D eigenvalue weighted by Gasteiger charge is 2.41. The van der Waals surface area contributed by atoms with Gasteiger partial charge in [-0.3, -0.25) is 0 Å². The van der Waals surface area contributed by atoms with Crippen molar-refractivity contribution in [3.05, 3.63) is 63.9 Å². The maximum absolute atomic E-state index is 12.8.